The fraction of sp³-hybridized carbons (Fsp3) is 0.462. The van der Waals surface area contributed by atoms with Gasteiger partial charge in [-0.1, -0.05) is 0 Å². The number of hydrogen-bond acceptors (Lipinski definition) is 4. The highest BCUT2D eigenvalue weighted by Crippen LogP contribution is 2.28. The summed E-state index contributed by atoms with van der Waals surface area (Å²) in [6.07, 6.45) is 0.686. The number of ether oxygens (including phenoxy) is 1. The fourth-order valence-corrected chi connectivity index (χ4v) is 2.28. The molecule has 1 aliphatic rings. The number of rotatable bonds is 2. The van der Waals surface area contributed by atoms with Gasteiger partial charge in [-0.2, -0.15) is 0 Å². The van der Waals surface area contributed by atoms with E-state index in [-0.39, 0.29) is 5.69 Å². The zero-order valence-electron chi connectivity index (χ0n) is 10.7. The summed E-state index contributed by atoms with van der Waals surface area (Å²) in [7, 11) is 1.29. The van der Waals surface area contributed by atoms with Gasteiger partial charge in [-0.25, -0.2) is 8.78 Å². The fourth-order valence-electron chi connectivity index (χ4n) is 2.28. The highest BCUT2D eigenvalue weighted by Gasteiger charge is 2.39. The van der Waals surface area contributed by atoms with Crippen molar-refractivity contribution in [1.29, 1.82) is 0 Å². The van der Waals surface area contributed by atoms with Crippen molar-refractivity contribution >= 4 is 11.7 Å². The zero-order valence-corrected chi connectivity index (χ0v) is 10.7. The molecule has 1 heterocycles. The molecule has 0 aromatic heterocycles. The van der Waals surface area contributed by atoms with Gasteiger partial charge >= 0.3 is 5.97 Å². The van der Waals surface area contributed by atoms with E-state index in [1.54, 1.807) is 4.90 Å². The number of nitrogens with two attached hydrogens (primary N) is 1. The molecule has 0 radical (unpaired) electrons. The third kappa shape index (κ3) is 2.68. The number of hydrogen-bond donors (Lipinski definition) is 1. The quantitative estimate of drug-likeness (QED) is 0.826. The lowest BCUT2D eigenvalue weighted by molar-refractivity contribution is -0.147. The third-order valence-corrected chi connectivity index (χ3v) is 3.50. The van der Waals surface area contributed by atoms with Crippen LogP contribution in [0.25, 0.3) is 0 Å². The van der Waals surface area contributed by atoms with Crippen LogP contribution in [0.3, 0.4) is 0 Å². The van der Waals surface area contributed by atoms with Crippen molar-refractivity contribution in [1.82, 2.24) is 0 Å². The summed E-state index contributed by atoms with van der Waals surface area (Å²) in [5.41, 5.74) is 5.12. The Morgan fingerprint density at radius 3 is 2.58 bits per heavy atom. The van der Waals surface area contributed by atoms with E-state index < -0.39 is 23.1 Å². The van der Waals surface area contributed by atoms with Crippen molar-refractivity contribution < 1.29 is 18.3 Å². The molecule has 0 aliphatic carbocycles. The summed E-state index contributed by atoms with van der Waals surface area (Å²) in [4.78, 5) is 13.2. The van der Waals surface area contributed by atoms with E-state index in [1.165, 1.54) is 7.11 Å². The van der Waals surface area contributed by atoms with E-state index in [2.05, 4.69) is 4.74 Å². The first kappa shape index (κ1) is 13.7. The van der Waals surface area contributed by atoms with Gasteiger partial charge in [0.1, 0.15) is 17.2 Å². The van der Waals surface area contributed by atoms with Crippen LogP contribution in [0.2, 0.25) is 0 Å². The van der Waals surface area contributed by atoms with Gasteiger partial charge in [-0.05, 0) is 25.0 Å². The second-order valence-electron chi connectivity index (χ2n) is 4.73. The van der Waals surface area contributed by atoms with Crippen molar-refractivity contribution in [2.24, 2.45) is 5.73 Å². The molecule has 0 saturated carbocycles. The molecule has 0 spiro atoms. The minimum Gasteiger partial charge on any atom is -0.468 e. The Bertz CT molecular complexity index is 486. The van der Waals surface area contributed by atoms with Crippen LogP contribution in [0, 0.1) is 11.6 Å². The Morgan fingerprint density at radius 1 is 1.37 bits per heavy atom. The Hall–Kier alpha value is -1.69. The molecular formula is C13H16F2N2O2. The third-order valence-electron chi connectivity index (χ3n) is 3.50. The molecule has 2 rings (SSSR count). The van der Waals surface area contributed by atoms with Gasteiger partial charge < -0.3 is 15.4 Å². The van der Waals surface area contributed by atoms with Crippen LogP contribution in [0.15, 0.2) is 18.2 Å². The molecule has 4 nitrogen and oxygen atoms in total. The first-order chi connectivity index (χ1) is 8.96. The van der Waals surface area contributed by atoms with E-state index in [1.807, 2.05) is 0 Å². The van der Waals surface area contributed by atoms with Gasteiger partial charge in [0.2, 0.25) is 0 Å². The number of esters is 1. The molecule has 1 saturated heterocycles. The predicted octanol–water partition coefficient (Wildman–Crippen LogP) is 1.44. The summed E-state index contributed by atoms with van der Waals surface area (Å²) in [6.45, 7) is 0.762. The molecule has 1 aromatic carbocycles. The Morgan fingerprint density at radius 2 is 2.00 bits per heavy atom. The molecule has 0 bridgehead atoms. The van der Waals surface area contributed by atoms with Crippen molar-refractivity contribution in [3.63, 3.8) is 0 Å². The van der Waals surface area contributed by atoms with E-state index in [9.17, 15) is 13.6 Å². The number of piperidine rings is 1. The Kier molecular flexibility index (Phi) is 3.71. The number of methoxy groups -OCH3 is 1. The summed E-state index contributed by atoms with van der Waals surface area (Å²) < 4.78 is 31.4. The lowest BCUT2D eigenvalue weighted by Crippen LogP contribution is -2.56. The molecular weight excluding hydrogens is 254 g/mol. The van der Waals surface area contributed by atoms with Crippen LogP contribution in [0.1, 0.15) is 12.8 Å². The maximum atomic E-state index is 13.6. The smallest absolute Gasteiger partial charge is 0.325 e. The first-order valence-electron chi connectivity index (χ1n) is 6.03. The van der Waals surface area contributed by atoms with Gasteiger partial charge in [0.05, 0.1) is 12.8 Å². The lowest BCUT2D eigenvalue weighted by Gasteiger charge is -2.38. The predicted molar refractivity (Wildman–Crippen MR) is 66.7 cm³/mol. The van der Waals surface area contributed by atoms with Gasteiger partial charge in [0.15, 0.2) is 0 Å². The standard InChI is InChI=1S/C13H16F2N2O2/c1-19-12(18)13(16)4-6-17(7-5-13)11-8-9(14)2-3-10(11)15/h2-3,8H,4-7,16H2,1H3. The van der Waals surface area contributed by atoms with Gasteiger partial charge in [-0.3, -0.25) is 4.79 Å². The van der Waals surface area contributed by atoms with Gasteiger partial charge in [-0.15, -0.1) is 0 Å². The van der Waals surface area contributed by atoms with E-state index in [4.69, 9.17) is 5.73 Å². The van der Waals surface area contributed by atoms with E-state index in [0.717, 1.165) is 18.2 Å². The normalized spacial score (nSPS) is 18.2. The minimum atomic E-state index is -1.03. The number of anilines is 1. The molecule has 1 aliphatic heterocycles. The molecule has 104 valence electrons. The van der Waals surface area contributed by atoms with E-state index in [0.29, 0.717) is 25.9 Å². The highest BCUT2D eigenvalue weighted by molar-refractivity contribution is 5.81. The second kappa shape index (κ2) is 5.13. The average Bonchev–Trinajstić information content (AvgIpc) is 2.41. The highest BCUT2D eigenvalue weighted by atomic mass is 19.1. The Labute approximate surface area is 110 Å². The molecule has 19 heavy (non-hydrogen) atoms. The topological polar surface area (TPSA) is 55.6 Å². The molecule has 6 heteroatoms. The molecule has 0 atom stereocenters. The number of carbonyl (C=O) groups is 1. The van der Waals surface area contributed by atoms with E-state index >= 15 is 0 Å². The number of nitrogens with zero attached hydrogens (tertiary/aromatic N) is 1. The summed E-state index contributed by atoms with van der Waals surface area (Å²) in [6, 6.07) is 3.32. The summed E-state index contributed by atoms with van der Waals surface area (Å²) in [5, 5.41) is 0. The van der Waals surface area contributed by atoms with Crippen molar-refractivity contribution in [2.75, 3.05) is 25.1 Å². The molecule has 1 aromatic rings. The summed E-state index contributed by atoms with van der Waals surface area (Å²) >= 11 is 0. The first-order valence-corrected chi connectivity index (χ1v) is 6.03. The SMILES string of the molecule is COC(=O)C1(N)CCN(c2cc(F)ccc2F)CC1. The number of carbonyl (C=O) groups excluding carboxylic acids is 1. The molecule has 0 unspecified atom stereocenters. The van der Waals surface area contributed by atoms with Crippen LogP contribution in [-0.4, -0.2) is 31.7 Å². The second-order valence-corrected chi connectivity index (χ2v) is 4.73. The average molecular weight is 270 g/mol. The zero-order chi connectivity index (χ0) is 14.0. The van der Waals surface area contributed by atoms with Crippen LogP contribution in [0.4, 0.5) is 14.5 Å². The minimum absolute atomic E-state index is 0.201. The van der Waals surface area contributed by atoms with Crippen LogP contribution in [0.5, 0.6) is 0 Å². The monoisotopic (exact) mass is 270 g/mol. The summed E-state index contributed by atoms with van der Waals surface area (Å²) in [5.74, 6) is -1.44. The Balaban J connectivity index is 2.12. The molecule has 1 fully saturated rings. The van der Waals surface area contributed by atoms with Gasteiger partial charge in [0.25, 0.3) is 0 Å². The van der Waals surface area contributed by atoms with Crippen LogP contribution >= 0.6 is 0 Å². The maximum Gasteiger partial charge on any atom is 0.325 e. The van der Waals surface area contributed by atoms with Crippen molar-refractivity contribution in [3.8, 4) is 0 Å². The van der Waals surface area contributed by atoms with Crippen molar-refractivity contribution in [2.45, 2.75) is 18.4 Å². The number of benzene rings is 1. The van der Waals surface area contributed by atoms with Crippen LogP contribution in [-0.2, 0) is 9.53 Å². The van der Waals surface area contributed by atoms with Crippen molar-refractivity contribution in [3.05, 3.63) is 29.8 Å². The van der Waals surface area contributed by atoms with Gasteiger partial charge in [0, 0.05) is 19.2 Å². The molecule has 0 amide bonds. The maximum absolute atomic E-state index is 13.6. The lowest BCUT2D eigenvalue weighted by atomic mass is 9.88. The largest absolute Gasteiger partial charge is 0.468 e. The number of halogens is 2. The van der Waals surface area contributed by atoms with Crippen LogP contribution < -0.4 is 10.6 Å². The molecule has 2 N–H and O–H groups in total.